The van der Waals surface area contributed by atoms with Crippen LogP contribution in [0.4, 0.5) is 13.2 Å². The van der Waals surface area contributed by atoms with Crippen LogP contribution >= 0.6 is 0 Å². The van der Waals surface area contributed by atoms with Crippen LogP contribution in [-0.4, -0.2) is 35.0 Å². The maximum absolute atomic E-state index is 12.5. The molecule has 1 amide bonds. The normalized spacial score (nSPS) is 12.4. The fourth-order valence-electron chi connectivity index (χ4n) is 2.36. The molecule has 1 aromatic carbocycles. The zero-order valence-electron chi connectivity index (χ0n) is 15.3. The summed E-state index contributed by atoms with van der Waals surface area (Å²) in [5.74, 6) is 0.809. The van der Waals surface area contributed by atoms with Gasteiger partial charge in [-0.25, -0.2) is 4.98 Å². The molecule has 0 bridgehead atoms. The largest absolute Gasteiger partial charge is 0.481 e. The number of benzene rings is 1. The molecule has 5 nitrogen and oxygen atoms in total. The van der Waals surface area contributed by atoms with E-state index >= 15 is 0 Å². The molecule has 0 aliphatic heterocycles. The lowest BCUT2D eigenvalue weighted by Gasteiger charge is -2.23. The summed E-state index contributed by atoms with van der Waals surface area (Å²) in [6, 6.07) is 8.46. The number of pyridine rings is 1. The molecular weight excluding hydrogens is 361 g/mol. The van der Waals surface area contributed by atoms with Crippen LogP contribution in [0, 0.1) is 0 Å². The van der Waals surface area contributed by atoms with E-state index in [2.05, 4.69) is 4.98 Å². The van der Waals surface area contributed by atoms with Crippen molar-refractivity contribution in [2.24, 2.45) is 0 Å². The molecule has 0 spiro atoms. The van der Waals surface area contributed by atoms with Gasteiger partial charge in [0.1, 0.15) is 11.5 Å². The van der Waals surface area contributed by atoms with Gasteiger partial charge in [0.05, 0.1) is 5.56 Å². The van der Waals surface area contributed by atoms with Crippen molar-refractivity contribution >= 4 is 5.91 Å². The van der Waals surface area contributed by atoms with Crippen LogP contribution < -0.4 is 9.47 Å². The van der Waals surface area contributed by atoms with Crippen LogP contribution in [0.15, 0.2) is 42.6 Å². The highest BCUT2D eigenvalue weighted by molar-refractivity contribution is 5.80. The minimum Gasteiger partial charge on any atom is -0.481 e. The Morgan fingerprint density at radius 2 is 1.67 bits per heavy atom. The molecule has 0 saturated carbocycles. The van der Waals surface area contributed by atoms with Gasteiger partial charge in [0.2, 0.25) is 5.88 Å². The van der Waals surface area contributed by atoms with Crippen molar-refractivity contribution in [2.75, 3.05) is 13.1 Å². The van der Waals surface area contributed by atoms with Gasteiger partial charge in [-0.2, -0.15) is 13.2 Å². The quantitative estimate of drug-likeness (QED) is 0.706. The molecule has 2 rings (SSSR count). The van der Waals surface area contributed by atoms with Crippen molar-refractivity contribution in [2.45, 2.75) is 33.1 Å². The molecule has 0 aliphatic carbocycles. The summed E-state index contributed by atoms with van der Waals surface area (Å²) in [5.41, 5.74) is -0.842. The first-order valence-corrected chi connectivity index (χ1v) is 8.51. The molecule has 1 unspecified atom stereocenters. The second kappa shape index (κ2) is 8.75. The van der Waals surface area contributed by atoms with Gasteiger partial charge in [-0.05, 0) is 51.1 Å². The number of amides is 1. The van der Waals surface area contributed by atoms with Crippen molar-refractivity contribution in [1.29, 1.82) is 0 Å². The van der Waals surface area contributed by atoms with E-state index in [0.717, 1.165) is 12.1 Å². The van der Waals surface area contributed by atoms with Crippen LogP contribution in [0.5, 0.6) is 17.4 Å². The van der Waals surface area contributed by atoms with Gasteiger partial charge in [0, 0.05) is 25.4 Å². The molecule has 2 aromatic rings. The van der Waals surface area contributed by atoms with E-state index in [-0.39, 0.29) is 11.8 Å². The summed E-state index contributed by atoms with van der Waals surface area (Å²) < 4.78 is 48.6. The fraction of sp³-hybridized carbons (Fsp3) is 0.368. The van der Waals surface area contributed by atoms with E-state index in [9.17, 15) is 18.0 Å². The summed E-state index contributed by atoms with van der Waals surface area (Å²) in [4.78, 5) is 17.5. The predicted octanol–water partition coefficient (Wildman–Crippen LogP) is 4.53. The second-order valence-electron chi connectivity index (χ2n) is 5.73. The third-order valence-corrected chi connectivity index (χ3v) is 3.85. The SMILES string of the molecule is CCN(CC)C(=O)C(C)Oc1ccc(Oc2ccc(C(F)(F)F)cn2)cc1. The number of carbonyl (C=O) groups excluding carboxylic acids is 1. The standard InChI is InChI=1S/C19H21F3N2O3/c1-4-24(5-2)18(25)13(3)26-15-7-9-16(10-8-15)27-17-11-6-14(12-23-17)19(20,21)22/h6-13H,4-5H2,1-3H3. The molecular formula is C19H21F3N2O3. The zero-order chi connectivity index (χ0) is 20.0. The summed E-state index contributed by atoms with van der Waals surface area (Å²) >= 11 is 0. The first-order chi connectivity index (χ1) is 12.7. The monoisotopic (exact) mass is 382 g/mol. The predicted molar refractivity (Wildman–Crippen MR) is 93.8 cm³/mol. The van der Waals surface area contributed by atoms with E-state index in [1.165, 1.54) is 0 Å². The number of hydrogen-bond donors (Lipinski definition) is 0. The fourth-order valence-corrected chi connectivity index (χ4v) is 2.36. The molecule has 0 radical (unpaired) electrons. The molecule has 1 aromatic heterocycles. The number of aromatic nitrogens is 1. The number of likely N-dealkylation sites (N-methyl/N-ethyl adjacent to an activating group) is 1. The minimum absolute atomic E-state index is 0.0433. The van der Waals surface area contributed by atoms with Crippen LogP contribution in [0.3, 0.4) is 0 Å². The highest BCUT2D eigenvalue weighted by Crippen LogP contribution is 2.30. The van der Waals surface area contributed by atoms with Crippen molar-refractivity contribution in [3.05, 3.63) is 48.2 Å². The molecule has 27 heavy (non-hydrogen) atoms. The topological polar surface area (TPSA) is 51.7 Å². The molecule has 0 aliphatic rings. The molecule has 1 heterocycles. The number of carbonyl (C=O) groups is 1. The Hall–Kier alpha value is -2.77. The zero-order valence-corrected chi connectivity index (χ0v) is 15.3. The van der Waals surface area contributed by atoms with Gasteiger partial charge in [0.15, 0.2) is 6.10 Å². The Morgan fingerprint density at radius 1 is 1.07 bits per heavy atom. The number of nitrogens with zero attached hydrogens (tertiary/aromatic N) is 2. The number of rotatable bonds is 7. The Balaban J connectivity index is 1.98. The summed E-state index contributed by atoms with van der Waals surface area (Å²) in [7, 11) is 0. The highest BCUT2D eigenvalue weighted by Gasteiger charge is 2.30. The van der Waals surface area contributed by atoms with E-state index in [1.807, 2.05) is 13.8 Å². The van der Waals surface area contributed by atoms with E-state index < -0.39 is 17.8 Å². The van der Waals surface area contributed by atoms with Crippen molar-refractivity contribution in [1.82, 2.24) is 9.88 Å². The number of alkyl halides is 3. The van der Waals surface area contributed by atoms with Crippen LogP contribution in [0.2, 0.25) is 0 Å². The van der Waals surface area contributed by atoms with Crippen molar-refractivity contribution in [3.63, 3.8) is 0 Å². The van der Waals surface area contributed by atoms with Crippen LogP contribution in [0.25, 0.3) is 0 Å². The second-order valence-corrected chi connectivity index (χ2v) is 5.73. The van der Waals surface area contributed by atoms with E-state index in [4.69, 9.17) is 9.47 Å². The van der Waals surface area contributed by atoms with Crippen molar-refractivity contribution < 1.29 is 27.4 Å². The summed E-state index contributed by atoms with van der Waals surface area (Å²) in [5, 5.41) is 0. The molecule has 0 fully saturated rings. The third kappa shape index (κ3) is 5.60. The lowest BCUT2D eigenvalue weighted by molar-refractivity contribution is -0.138. The van der Waals surface area contributed by atoms with Crippen LogP contribution in [-0.2, 0) is 11.0 Å². The van der Waals surface area contributed by atoms with Gasteiger partial charge < -0.3 is 14.4 Å². The third-order valence-electron chi connectivity index (χ3n) is 3.85. The number of halogens is 3. The first-order valence-electron chi connectivity index (χ1n) is 8.51. The lowest BCUT2D eigenvalue weighted by atomic mass is 10.3. The van der Waals surface area contributed by atoms with E-state index in [1.54, 1.807) is 36.1 Å². The number of ether oxygens (including phenoxy) is 2. The number of hydrogen-bond acceptors (Lipinski definition) is 4. The summed E-state index contributed by atoms with van der Waals surface area (Å²) in [6.45, 7) is 6.69. The van der Waals surface area contributed by atoms with Gasteiger partial charge in [0.25, 0.3) is 5.91 Å². The molecule has 1 atom stereocenters. The lowest BCUT2D eigenvalue weighted by Crippen LogP contribution is -2.40. The molecule has 8 heteroatoms. The Labute approximate surface area is 155 Å². The van der Waals surface area contributed by atoms with E-state index in [0.29, 0.717) is 30.8 Å². The van der Waals surface area contributed by atoms with Crippen molar-refractivity contribution in [3.8, 4) is 17.4 Å². The van der Waals surface area contributed by atoms with Crippen LogP contribution in [0.1, 0.15) is 26.3 Å². The average molecular weight is 382 g/mol. The van der Waals surface area contributed by atoms with Gasteiger partial charge >= 0.3 is 6.18 Å². The molecule has 0 saturated heterocycles. The Morgan fingerprint density at radius 3 is 2.15 bits per heavy atom. The average Bonchev–Trinajstić information content (AvgIpc) is 2.64. The van der Waals surface area contributed by atoms with Gasteiger partial charge in [-0.3, -0.25) is 4.79 Å². The maximum atomic E-state index is 12.5. The first kappa shape index (κ1) is 20.5. The van der Waals surface area contributed by atoms with Gasteiger partial charge in [-0.15, -0.1) is 0 Å². The smallest absolute Gasteiger partial charge is 0.417 e. The highest BCUT2D eigenvalue weighted by atomic mass is 19.4. The van der Waals surface area contributed by atoms with Gasteiger partial charge in [-0.1, -0.05) is 0 Å². The Bertz CT molecular complexity index is 742. The molecule has 146 valence electrons. The maximum Gasteiger partial charge on any atom is 0.417 e. The Kier molecular flexibility index (Phi) is 6.65. The molecule has 0 N–H and O–H groups in total. The minimum atomic E-state index is -4.44. The summed E-state index contributed by atoms with van der Waals surface area (Å²) in [6.07, 6.45) is -4.36.